The van der Waals surface area contributed by atoms with Crippen molar-refractivity contribution in [3.05, 3.63) is 29.8 Å². The first-order chi connectivity index (χ1) is 11.4. The van der Waals surface area contributed by atoms with Gasteiger partial charge in [-0.1, -0.05) is 12.1 Å². The molecule has 0 bridgehead atoms. The highest BCUT2D eigenvalue weighted by Crippen LogP contribution is 2.28. The second-order valence-corrected chi connectivity index (χ2v) is 8.42. The number of nitrogens with one attached hydrogen (secondary N) is 1. The lowest BCUT2D eigenvalue weighted by atomic mass is 9.98. The van der Waals surface area contributed by atoms with Gasteiger partial charge in [0.15, 0.2) is 5.96 Å². The van der Waals surface area contributed by atoms with Crippen molar-refractivity contribution in [2.45, 2.75) is 18.8 Å². The molecule has 1 unspecified atom stereocenters. The van der Waals surface area contributed by atoms with Gasteiger partial charge in [-0.05, 0) is 30.5 Å². The predicted octanol–water partition coefficient (Wildman–Crippen LogP) is 1.49. The van der Waals surface area contributed by atoms with E-state index in [0.717, 1.165) is 31.2 Å². The second-order valence-electron chi connectivity index (χ2n) is 6.16. The molecule has 1 heterocycles. The quantitative estimate of drug-likeness (QED) is 0.477. The summed E-state index contributed by atoms with van der Waals surface area (Å²) in [6.45, 7) is 2.48. The largest absolute Gasteiger partial charge is 0.497 e. The Kier molecular flexibility index (Phi) is 6.48. The average molecular weight is 353 g/mol. The molecule has 0 amide bonds. The van der Waals surface area contributed by atoms with Gasteiger partial charge in [-0.25, -0.2) is 8.42 Å². The van der Waals surface area contributed by atoms with Gasteiger partial charge >= 0.3 is 0 Å². The zero-order valence-electron chi connectivity index (χ0n) is 14.7. The van der Waals surface area contributed by atoms with Crippen molar-refractivity contribution in [3.8, 4) is 5.75 Å². The molecule has 24 heavy (non-hydrogen) atoms. The van der Waals surface area contributed by atoms with Gasteiger partial charge < -0.3 is 15.0 Å². The van der Waals surface area contributed by atoms with Crippen LogP contribution < -0.4 is 10.1 Å². The molecule has 1 aromatic carbocycles. The number of nitrogens with zero attached hydrogens (tertiary/aromatic N) is 2. The molecule has 1 saturated heterocycles. The summed E-state index contributed by atoms with van der Waals surface area (Å²) in [5.74, 6) is 2.40. The average Bonchev–Trinajstić information content (AvgIpc) is 3.04. The summed E-state index contributed by atoms with van der Waals surface area (Å²) in [6.07, 6.45) is 2.94. The Hall–Kier alpha value is -1.76. The van der Waals surface area contributed by atoms with Crippen LogP contribution >= 0.6 is 0 Å². The van der Waals surface area contributed by atoms with Crippen LogP contribution in [0.3, 0.4) is 0 Å². The minimum absolute atomic E-state index is 0.200. The summed E-state index contributed by atoms with van der Waals surface area (Å²) in [7, 11) is 0.534. The van der Waals surface area contributed by atoms with E-state index >= 15 is 0 Å². The third-order valence-electron chi connectivity index (χ3n) is 4.26. The smallest absolute Gasteiger partial charge is 0.193 e. The standard InChI is InChI=1S/C17H27N3O3S/c1-18-17(19-10-4-12-24(3,21)22)20-11-9-15(13-20)14-5-7-16(23-2)8-6-14/h5-8,15H,4,9-13H2,1-3H3,(H,18,19). The first-order valence-corrected chi connectivity index (χ1v) is 10.3. The number of likely N-dealkylation sites (tertiary alicyclic amines) is 1. The SMILES string of the molecule is CN=C(NCCCS(C)(=O)=O)N1CCC(c2ccc(OC)cc2)C1. The lowest BCUT2D eigenvalue weighted by molar-refractivity contribution is 0.414. The number of benzene rings is 1. The molecule has 6 nitrogen and oxygen atoms in total. The Morgan fingerprint density at radius 2 is 2.08 bits per heavy atom. The molecule has 0 aliphatic carbocycles. The maximum absolute atomic E-state index is 11.2. The number of ether oxygens (including phenoxy) is 1. The highest BCUT2D eigenvalue weighted by molar-refractivity contribution is 7.90. The maximum Gasteiger partial charge on any atom is 0.193 e. The van der Waals surface area contributed by atoms with Gasteiger partial charge in [-0.15, -0.1) is 0 Å². The zero-order valence-corrected chi connectivity index (χ0v) is 15.5. The molecule has 1 aliphatic heterocycles. The maximum atomic E-state index is 11.2. The lowest BCUT2D eigenvalue weighted by Gasteiger charge is -2.21. The summed E-state index contributed by atoms with van der Waals surface area (Å²) in [4.78, 5) is 6.55. The Morgan fingerprint density at radius 1 is 1.38 bits per heavy atom. The fourth-order valence-corrected chi connectivity index (χ4v) is 3.64. The molecule has 1 aliphatic rings. The predicted molar refractivity (Wildman–Crippen MR) is 97.6 cm³/mol. The molecular formula is C17H27N3O3S. The first-order valence-electron chi connectivity index (χ1n) is 8.20. The molecule has 7 heteroatoms. The molecule has 0 spiro atoms. The number of guanidine groups is 1. The van der Waals surface area contributed by atoms with Gasteiger partial charge in [-0.2, -0.15) is 0 Å². The minimum atomic E-state index is -2.90. The van der Waals surface area contributed by atoms with Crippen LogP contribution in [0.25, 0.3) is 0 Å². The van der Waals surface area contributed by atoms with E-state index in [0.29, 0.717) is 18.9 Å². The molecule has 1 fully saturated rings. The van der Waals surface area contributed by atoms with E-state index in [1.807, 2.05) is 12.1 Å². The Labute approximate surface area is 144 Å². The van der Waals surface area contributed by atoms with Crippen LogP contribution in [0.2, 0.25) is 0 Å². The molecule has 0 saturated carbocycles. The van der Waals surface area contributed by atoms with Crippen molar-refractivity contribution in [1.82, 2.24) is 10.2 Å². The molecule has 1 atom stereocenters. The van der Waals surface area contributed by atoms with E-state index in [-0.39, 0.29) is 5.75 Å². The van der Waals surface area contributed by atoms with Gasteiger partial charge in [0.1, 0.15) is 15.6 Å². The number of aliphatic imine (C=N–C) groups is 1. The van der Waals surface area contributed by atoms with Gasteiger partial charge in [0.2, 0.25) is 0 Å². The second kappa shape index (κ2) is 8.37. The monoisotopic (exact) mass is 353 g/mol. The van der Waals surface area contributed by atoms with Gasteiger partial charge in [0.05, 0.1) is 12.9 Å². The normalized spacial score (nSPS) is 18.7. The van der Waals surface area contributed by atoms with E-state index < -0.39 is 9.84 Å². The number of sulfone groups is 1. The van der Waals surface area contributed by atoms with Crippen LogP contribution in [-0.2, 0) is 9.84 Å². The number of hydrogen-bond acceptors (Lipinski definition) is 4. The van der Waals surface area contributed by atoms with Gasteiger partial charge in [-0.3, -0.25) is 4.99 Å². The highest BCUT2D eigenvalue weighted by atomic mass is 32.2. The third-order valence-corrected chi connectivity index (χ3v) is 5.29. The van der Waals surface area contributed by atoms with Crippen LogP contribution in [0.5, 0.6) is 5.75 Å². The Morgan fingerprint density at radius 3 is 2.67 bits per heavy atom. The van der Waals surface area contributed by atoms with Crippen LogP contribution in [0, 0.1) is 0 Å². The van der Waals surface area contributed by atoms with Crippen molar-refractivity contribution < 1.29 is 13.2 Å². The topological polar surface area (TPSA) is 71.0 Å². The Balaban J connectivity index is 1.85. The third kappa shape index (κ3) is 5.40. The molecule has 0 aromatic heterocycles. The molecule has 1 N–H and O–H groups in total. The molecular weight excluding hydrogens is 326 g/mol. The summed E-state index contributed by atoms with van der Waals surface area (Å²) in [5, 5.41) is 3.27. The van der Waals surface area contributed by atoms with Crippen LogP contribution in [0.1, 0.15) is 24.3 Å². The van der Waals surface area contributed by atoms with E-state index in [1.165, 1.54) is 11.8 Å². The molecule has 0 radical (unpaired) electrons. The van der Waals surface area contributed by atoms with Crippen molar-refractivity contribution in [1.29, 1.82) is 0 Å². The molecule has 134 valence electrons. The highest BCUT2D eigenvalue weighted by Gasteiger charge is 2.25. The van der Waals surface area contributed by atoms with Crippen LogP contribution in [0.15, 0.2) is 29.3 Å². The number of methoxy groups -OCH3 is 1. The van der Waals surface area contributed by atoms with E-state index in [9.17, 15) is 8.42 Å². The zero-order chi connectivity index (χ0) is 17.6. The molecule has 2 rings (SSSR count). The summed E-state index contributed by atoms with van der Waals surface area (Å²) in [6, 6.07) is 8.23. The van der Waals surface area contributed by atoms with Gasteiger partial charge in [0.25, 0.3) is 0 Å². The summed E-state index contributed by atoms with van der Waals surface area (Å²) < 4.78 is 27.5. The molecule has 1 aromatic rings. The van der Waals surface area contributed by atoms with E-state index in [2.05, 4.69) is 27.3 Å². The van der Waals surface area contributed by atoms with E-state index in [1.54, 1.807) is 14.2 Å². The first kappa shape index (κ1) is 18.6. The summed E-state index contributed by atoms with van der Waals surface area (Å²) in [5.41, 5.74) is 1.31. The fraction of sp³-hybridized carbons (Fsp3) is 0.588. The van der Waals surface area contributed by atoms with Gasteiger partial charge in [0, 0.05) is 38.9 Å². The van der Waals surface area contributed by atoms with Crippen molar-refractivity contribution in [2.75, 3.05) is 45.8 Å². The van der Waals surface area contributed by atoms with Crippen molar-refractivity contribution in [3.63, 3.8) is 0 Å². The van der Waals surface area contributed by atoms with Crippen molar-refractivity contribution in [2.24, 2.45) is 4.99 Å². The van der Waals surface area contributed by atoms with Crippen LogP contribution in [-0.4, -0.2) is 65.1 Å². The number of rotatable bonds is 6. The summed E-state index contributed by atoms with van der Waals surface area (Å²) >= 11 is 0. The lowest BCUT2D eigenvalue weighted by Crippen LogP contribution is -2.40. The number of hydrogen-bond donors (Lipinski definition) is 1. The van der Waals surface area contributed by atoms with Crippen molar-refractivity contribution >= 4 is 15.8 Å². The fourth-order valence-electron chi connectivity index (χ4n) is 2.97. The van der Waals surface area contributed by atoms with Crippen LogP contribution in [0.4, 0.5) is 0 Å². The Bertz CT molecular complexity index is 656. The minimum Gasteiger partial charge on any atom is -0.497 e. The van der Waals surface area contributed by atoms with E-state index in [4.69, 9.17) is 4.74 Å².